The quantitative estimate of drug-likeness (QED) is 0.775. The summed E-state index contributed by atoms with van der Waals surface area (Å²) in [5.74, 6) is 0. The van der Waals surface area contributed by atoms with Crippen molar-refractivity contribution in [2.45, 2.75) is 26.2 Å². The summed E-state index contributed by atoms with van der Waals surface area (Å²) in [6.45, 7) is 6.46. The third-order valence-corrected chi connectivity index (χ3v) is 3.74. The molecule has 0 aliphatic rings. The van der Waals surface area contributed by atoms with Gasteiger partial charge in [-0.2, -0.15) is 0 Å². The van der Waals surface area contributed by atoms with Gasteiger partial charge >= 0.3 is 6.03 Å². The molecule has 2 aromatic rings. The van der Waals surface area contributed by atoms with Gasteiger partial charge in [-0.1, -0.05) is 62.7 Å². The standard InChI is InChI=1S/C19H21ClN2O/c1-19(2,3)15-8-10-16(11-9-15)22-18(23)21-13-12-14-6-4-5-7-17(14)20/h4-13H,1-3H3,(H2,21,22,23)/b13-12+. The molecule has 0 radical (unpaired) electrons. The first-order valence-electron chi connectivity index (χ1n) is 7.45. The van der Waals surface area contributed by atoms with E-state index >= 15 is 0 Å². The lowest BCUT2D eigenvalue weighted by Crippen LogP contribution is -2.23. The van der Waals surface area contributed by atoms with Gasteiger partial charge in [0.05, 0.1) is 0 Å². The van der Waals surface area contributed by atoms with E-state index in [0.717, 1.165) is 11.3 Å². The molecule has 0 atom stereocenters. The minimum Gasteiger partial charge on any atom is -0.314 e. The van der Waals surface area contributed by atoms with Crippen LogP contribution >= 0.6 is 11.6 Å². The van der Waals surface area contributed by atoms with Crippen LogP contribution < -0.4 is 10.6 Å². The van der Waals surface area contributed by atoms with E-state index in [1.54, 1.807) is 18.3 Å². The number of benzene rings is 2. The first-order valence-corrected chi connectivity index (χ1v) is 7.83. The molecule has 0 unspecified atom stereocenters. The van der Waals surface area contributed by atoms with Crippen LogP contribution in [0.4, 0.5) is 10.5 Å². The Balaban J connectivity index is 1.91. The number of anilines is 1. The number of hydrogen-bond donors (Lipinski definition) is 2. The predicted octanol–water partition coefficient (Wildman–Crippen LogP) is 5.43. The summed E-state index contributed by atoms with van der Waals surface area (Å²) in [6, 6.07) is 15.0. The van der Waals surface area contributed by atoms with Crippen molar-refractivity contribution in [1.82, 2.24) is 5.32 Å². The molecule has 2 aromatic carbocycles. The van der Waals surface area contributed by atoms with E-state index in [4.69, 9.17) is 11.6 Å². The van der Waals surface area contributed by atoms with Gasteiger partial charge in [-0.25, -0.2) is 4.79 Å². The van der Waals surface area contributed by atoms with E-state index in [1.165, 1.54) is 5.56 Å². The number of nitrogens with one attached hydrogen (secondary N) is 2. The number of urea groups is 1. The van der Waals surface area contributed by atoms with Crippen LogP contribution in [-0.4, -0.2) is 6.03 Å². The Morgan fingerprint density at radius 2 is 1.70 bits per heavy atom. The first-order chi connectivity index (χ1) is 10.9. The zero-order valence-corrected chi connectivity index (χ0v) is 14.3. The third kappa shape index (κ3) is 5.15. The van der Waals surface area contributed by atoms with Gasteiger partial charge in [0.25, 0.3) is 0 Å². The Labute approximate surface area is 142 Å². The molecule has 0 spiro atoms. The second-order valence-corrected chi connectivity index (χ2v) is 6.69. The summed E-state index contributed by atoms with van der Waals surface area (Å²) in [6.07, 6.45) is 3.32. The van der Waals surface area contributed by atoms with Crippen LogP contribution in [0.3, 0.4) is 0 Å². The molecule has 0 saturated carbocycles. The maximum atomic E-state index is 11.9. The van der Waals surface area contributed by atoms with Crippen molar-refractivity contribution < 1.29 is 4.79 Å². The topological polar surface area (TPSA) is 41.1 Å². The van der Waals surface area contributed by atoms with Crippen LogP contribution in [-0.2, 0) is 5.41 Å². The van der Waals surface area contributed by atoms with Gasteiger partial charge in [-0.3, -0.25) is 0 Å². The smallest absolute Gasteiger partial charge is 0.314 e. The minimum atomic E-state index is -0.295. The van der Waals surface area contributed by atoms with Gasteiger partial charge in [-0.05, 0) is 40.8 Å². The zero-order valence-electron chi connectivity index (χ0n) is 13.6. The minimum absolute atomic E-state index is 0.0957. The highest BCUT2D eigenvalue weighted by Gasteiger charge is 2.12. The summed E-state index contributed by atoms with van der Waals surface area (Å²) >= 11 is 6.04. The molecular formula is C19H21ClN2O. The van der Waals surface area contributed by atoms with Gasteiger partial charge in [0.15, 0.2) is 0 Å². The second kappa shape index (κ2) is 7.34. The van der Waals surface area contributed by atoms with Crippen molar-refractivity contribution in [2.24, 2.45) is 0 Å². The average molecular weight is 329 g/mol. The van der Waals surface area contributed by atoms with E-state index in [0.29, 0.717) is 5.02 Å². The molecule has 4 heteroatoms. The zero-order chi connectivity index (χ0) is 16.9. The lowest BCUT2D eigenvalue weighted by Gasteiger charge is -2.19. The lowest BCUT2D eigenvalue weighted by molar-refractivity contribution is 0.255. The van der Waals surface area contributed by atoms with Gasteiger partial charge in [-0.15, -0.1) is 0 Å². The summed E-state index contributed by atoms with van der Waals surface area (Å²) in [5, 5.41) is 6.09. The summed E-state index contributed by atoms with van der Waals surface area (Å²) in [7, 11) is 0. The van der Waals surface area contributed by atoms with Crippen LogP contribution in [0.1, 0.15) is 31.9 Å². The largest absolute Gasteiger partial charge is 0.323 e. The third-order valence-electron chi connectivity index (χ3n) is 3.39. The Morgan fingerprint density at radius 1 is 1.04 bits per heavy atom. The van der Waals surface area contributed by atoms with E-state index < -0.39 is 0 Å². The van der Waals surface area contributed by atoms with Crippen molar-refractivity contribution in [3.8, 4) is 0 Å². The van der Waals surface area contributed by atoms with Crippen LogP contribution in [0.25, 0.3) is 6.08 Å². The predicted molar refractivity (Wildman–Crippen MR) is 97.8 cm³/mol. The number of carbonyl (C=O) groups is 1. The summed E-state index contributed by atoms with van der Waals surface area (Å²) in [5.41, 5.74) is 2.92. The summed E-state index contributed by atoms with van der Waals surface area (Å²) < 4.78 is 0. The van der Waals surface area contributed by atoms with E-state index in [2.05, 4.69) is 31.4 Å². The molecular weight excluding hydrogens is 308 g/mol. The highest BCUT2D eigenvalue weighted by atomic mass is 35.5. The molecule has 0 saturated heterocycles. The van der Waals surface area contributed by atoms with Crippen LogP contribution in [0.15, 0.2) is 54.7 Å². The van der Waals surface area contributed by atoms with Crippen molar-refractivity contribution in [2.75, 3.05) is 5.32 Å². The average Bonchev–Trinajstić information content (AvgIpc) is 2.49. The maximum Gasteiger partial charge on any atom is 0.323 e. The van der Waals surface area contributed by atoms with Gasteiger partial charge < -0.3 is 10.6 Å². The Hall–Kier alpha value is -2.26. The van der Waals surface area contributed by atoms with Gasteiger partial charge in [0, 0.05) is 16.9 Å². The van der Waals surface area contributed by atoms with Crippen molar-refractivity contribution in [3.05, 3.63) is 70.9 Å². The van der Waals surface area contributed by atoms with Crippen LogP contribution in [0.2, 0.25) is 5.02 Å². The van der Waals surface area contributed by atoms with E-state index in [9.17, 15) is 4.79 Å². The molecule has 23 heavy (non-hydrogen) atoms. The number of halogens is 1. The second-order valence-electron chi connectivity index (χ2n) is 6.28. The Morgan fingerprint density at radius 3 is 2.30 bits per heavy atom. The molecule has 0 aliphatic carbocycles. The fourth-order valence-electron chi connectivity index (χ4n) is 2.04. The SMILES string of the molecule is CC(C)(C)c1ccc(NC(=O)N/C=C/c2ccccc2Cl)cc1. The molecule has 0 aliphatic heterocycles. The van der Waals surface area contributed by atoms with E-state index in [1.807, 2.05) is 42.5 Å². The molecule has 3 nitrogen and oxygen atoms in total. The summed E-state index contributed by atoms with van der Waals surface area (Å²) in [4.78, 5) is 11.9. The maximum absolute atomic E-state index is 11.9. The van der Waals surface area contributed by atoms with Gasteiger partial charge in [0.1, 0.15) is 0 Å². The van der Waals surface area contributed by atoms with Crippen LogP contribution in [0, 0.1) is 0 Å². The van der Waals surface area contributed by atoms with Crippen molar-refractivity contribution >= 4 is 29.4 Å². The highest BCUT2D eigenvalue weighted by Crippen LogP contribution is 2.23. The fourth-order valence-corrected chi connectivity index (χ4v) is 2.24. The lowest BCUT2D eigenvalue weighted by atomic mass is 9.87. The van der Waals surface area contributed by atoms with E-state index in [-0.39, 0.29) is 11.4 Å². The molecule has 0 aromatic heterocycles. The van der Waals surface area contributed by atoms with Crippen molar-refractivity contribution in [1.29, 1.82) is 0 Å². The Bertz CT molecular complexity index is 700. The Kier molecular flexibility index (Phi) is 5.45. The van der Waals surface area contributed by atoms with Crippen molar-refractivity contribution in [3.63, 3.8) is 0 Å². The molecule has 2 N–H and O–H groups in total. The fraction of sp³-hybridized carbons (Fsp3) is 0.211. The molecule has 2 amide bonds. The molecule has 0 bridgehead atoms. The highest BCUT2D eigenvalue weighted by molar-refractivity contribution is 6.32. The molecule has 120 valence electrons. The number of hydrogen-bond acceptors (Lipinski definition) is 1. The van der Waals surface area contributed by atoms with Gasteiger partial charge in [0.2, 0.25) is 0 Å². The number of carbonyl (C=O) groups excluding carboxylic acids is 1. The van der Waals surface area contributed by atoms with Crippen LogP contribution in [0.5, 0.6) is 0 Å². The monoisotopic (exact) mass is 328 g/mol. The first kappa shape index (κ1) is 17.1. The number of amides is 2. The normalized spacial score (nSPS) is 11.5. The number of rotatable bonds is 3. The molecule has 2 rings (SSSR count). The molecule has 0 heterocycles. The molecule has 0 fully saturated rings.